The minimum absolute atomic E-state index is 0.663. The monoisotopic (exact) mass is 262 g/mol. The van der Waals surface area contributed by atoms with Crippen molar-refractivity contribution in [2.24, 2.45) is 4.99 Å². The quantitative estimate of drug-likeness (QED) is 0.757. The minimum atomic E-state index is 0.663. The van der Waals surface area contributed by atoms with Crippen LogP contribution in [-0.4, -0.2) is 43.3 Å². The van der Waals surface area contributed by atoms with E-state index in [1.807, 2.05) is 45.0 Å². The lowest BCUT2D eigenvalue weighted by atomic mass is 10.3. The van der Waals surface area contributed by atoms with Gasteiger partial charge in [0.2, 0.25) is 0 Å². The number of hydrogen-bond donors (Lipinski definition) is 2. The number of aliphatic imine (C=N–C) groups is 1. The first-order valence-corrected chi connectivity index (χ1v) is 6.28. The third-order valence-electron chi connectivity index (χ3n) is 2.65. The number of nitrogens with zero attached hydrogens (tertiary/aromatic N) is 3. The lowest BCUT2D eigenvalue weighted by Crippen LogP contribution is -2.54. The van der Waals surface area contributed by atoms with E-state index in [0.717, 1.165) is 35.7 Å². The molecular formula is C13H20N5O+. The highest BCUT2D eigenvalue weighted by Crippen LogP contribution is 2.06. The fourth-order valence-corrected chi connectivity index (χ4v) is 1.71. The Balaban J connectivity index is 1.94. The molecule has 2 rings (SSSR count). The maximum atomic E-state index is 5.51. The van der Waals surface area contributed by atoms with Gasteiger partial charge >= 0.3 is 5.96 Å². The zero-order valence-corrected chi connectivity index (χ0v) is 11.8. The molecular weight excluding hydrogens is 242 g/mol. The van der Waals surface area contributed by atoms with E-state index in [-0.39, 0.29) is 0 Å². The summed E-state index contributed by atoms with van der Waals surface area (Å²) in [5, 5.41) is 6.24. The average Bonchev–Trinajstić information content (AvgIpc) is 2.74. The lowest BCUT2D eigenvalue weighted by molar-refractivity contribution is 0.484. The predicted octanol–water partition coefficient (Wildman–Crippen LogP) is 0.0825. The highest BCUT2D eigenvalue weighted by Gasteiger charge is 2.20. The average molecular weight is 262 g/mol. The molecule has 0 saturated carbocycles. The van der Waals surface area contributed by atoms with E-state index in [2.05, 4.69) is 20.3 Å². The first-order chi connectivity index (χ1) is 9.04. The molecule has 0 spiro atoms. The molecule has 0 bridgehead atoms. The van der Waals surface area contributed by atoms with Gasteiger partial charge in [0.15, 0.2) is 0 Å². The summed E-state index contributed by atoms with van der Waals surface area (Å²) in [6, 6.07) is 3.95. The van der Waals surface area contributed by atoms with Crippen molar-refractivity contribution < 1.29 is 4.42 Å². The van der Waals surface area contributed by atoms with Gasteiger partial charge in [0.05, 0.1) is 6.54 Å². The fraction of sp³-hybridized carbons (Fsp3) is 0.462. The summed E-state index contributed by atoms with van der Waals surface area (Å²) in [6.07, 6.45) is 0.786. The van der Waals surface area contributed by atoms with Crippen LogP contribution in [-0.2, 0) is 6.42 Å². The molecule has 0 amide bonds. The topological polar surface area (TPSA) is 66.9 Å². The number of amidine groups is 1. The maximum Gasteiger partial charge on any atom is 0.404 e. The van der Waals surface area contributed by atoms with Crippen LogP contribution < -0.4 is 15.3 Å². The SMILES string of the molecule is CC1=[N+]=C(N(C)C)NC(=NCCc2ccc(C)o2)N1. The standard InChI is InChI=1S/C13H19N5O/c1-9-5-6-11(19-9)7-8-14-12-15-10(2)16-13(17-12)18(3)4/h5-6H,7-8H2,1-4H3,(H,14,15,16,17)/p+1. The van der Waals surface area contributed by atoms with Crippen LogP contribution in [0.4, 0.5) is 0 Å². The first kappa shape index (κ1) is 13.2. The van der Waals surface area contributed by atoms with E-state index in [0.29, 0.717) is 6.54 Å². The molecule has 0 aliphatic carbocycles. The molecule has 0 fully saturated rings. The van der Waals surface area contributed by atoms with Gasteiger partial charge in [0, 0.05) is 27.4 Å². The van der Waals surface area contributed by atoms with Gasteiger partial charge in [-0.25, -0.2) is 20.3 Å². The Morgan fingerprint density at radius 3 is 2.68 bits per heavy atom. The predicted molar refractivity (Wildman–Crippen MR) is 77.2 cm³/mol. The van der Waals surface area contributed by atoms with E-state index >= 15 is 0 Å². The highest BCUT2D eigenvalue weighted by atomic mass is 16.3. The number of aryl methyl sites for hydroxylation is 1. The number of nitrogens with one attached hydrogen (secondary N) is 2. The Morgan fingerprint density at radius 2 is 2.05 bits per heavy atom. The molecule has 0 radical (unpaired) electrons. The number of hydrogen-bond acceptors (Lipinski definition) is 3. The van der Waals surface area contributed by atoms with Gasteiger partial charge < -0.3 is 4.42 Å². The largest absolute Gasteiger partial charge is 0.466 e. The minimum Gasteiger partial charge on any atom is -0.466 e. The molecule has 1 aromatic heterocycles. The van der Waals surface area contributed by atoms with Gasteiger partial charge in [-0.1, -0.05) is 0 Å². The van der Waals surface area contributed by atoms with Crippen molar-refractivity contribution in [3.05, 3.63) is 23.7 Å². The number of rotatable bonds is 3. The van der Waals surface area contributed by atoms with Gasteiger partial charge in [-0.2, -0.15) is 0 Å². The van der Waals surface area contributed by atoms with Crippen LogP contribution in [0.25, 0.3) is 0 Å². The molecule has 0 aromatic carbocycles. The van der Waals surface area contributed by atoms with Gasteiger partial charge in [-0.05, 0) is 19.1 Å². The van der Waals surface area contributed by atoms with Crippen molar-refractivity contribution in [1.82, 2.24) is 20.2 Å². The first-order valence-electron chi connectivity index (χ1n) is 6.28. The van der Waals surface area contributed by atoms with Gasteiger partial charge in [0.1, 0.15) is 11.5 Å². The summed E-state index contributed by atoms with van der Waals surface area (Å²) in [7, 11) is 3.88. The van der Waals surface area contributed by atoms with Crippen molar-refractivity contribution in [1.29, 1.82) is 0 Å². The van der Waals surface area contributed by atoms with Crippen LogP contribution >= 0.6 is 0 Å². The summed E-state index contributed by atoms with van der Waals surface area (Å²) in [4.78, 5) is 6.39. The molecule has 0 unspecified atom stereocenters. The third kappa shape index (κ3) is 3.63. The van der Waals surface area contributed by atoms with E-state index in [1.165, 1.54) is 0 Å². The van der Waals surface area contributed by atoms with Gasteiger partial charge in [-0.3, -0.25) is 4.90 Å². The second-order valence-electron chi connectivity index (χ2n) is 4.66. The Bertz CT molecular complexity index is 549. The maximum absolute atomic E-state index is 5.51. The van der Waals surface area contributed by atoms with Crippen LogP contribution in [0.15, 0.2) is 21.5 Å². The van der Waals surface area contributed by atoms with E-state index in [4.69, 9.17) is 4.42 Å². The molecule has 19 heavy (non-hydrogen) atoms. The van der Waals surface area contributed by atoms with Crippen molar-refractivity contribution in [2.75, 3.05) is 20.6 Å². The fourth-order valence-electron chi connectivity index (χ4n) is 1.71. The van der Waals surface area contributed by atoms with Crippen LogP contribution in [0, 0.1) is 6.92 Å². The molecule has 2 heterocycles. The Kier molecular flexibility index (Phi) is 3.92. The van der Waals surface area contributed by atoms with Crippen LogP contribution in [0.2, 0.25) is 0 Å². The summed E-state index contributed by atoms with van der Waals surface area (Å²) >= 11 is 0. The zero-order valence-electron chi connectivity index (χ0n) is 11.8. The number of furan rings is 1. The van der Waals surface area contributed by atoms with Crippen molar-refractivity contribution in [3.8, 4) is 0 Å². The Morgan fingerprint density at radius 1 is 1.26 bits per heavy atom. The van der Waals surface area contributed by atoms with E-state index in [1.54, 1.807) is 0 Å². The summed E-state index contributed by atoms with van der Waals surface area (Å²) in [6.45, 7) is 4.52. The Hall–Kier alpha value is -2.20. The molecule has 1 aromatic rings. The van der Waals surface area contributed by atoms with E-state index in [9.17, 15) is 0 Å². The van der Waals surface area contributed by atoms with Crippen LogP contribution in [0.5, 0.6) is 0 Å². The summed E-state index contributed by atoms with van der Waals surface area (Å²) in [5.41, 5.74) is 0. The zero-order chi connectivity index (χ0) is 13.8. The van der Waals surface area contributed by atoms with Crippen LogP contribution in [0.3, 0.4) is 0 Å². The van der Waals surface area contributed by atoms with Crippen molar-refractivity contribution in [3.63, 3.8) is 0 Å². The van der Waals surface area contributed by atoms with Crippen molar-refractivity contribution in [2.45, 2.75) is 20.3 Å². The summed E-state index contributed by atoms with van der Waals surface area (Å²) < 4.78 is 9.85. The Labute approximate surface area is 113 Å². The molecule has 6 heteroatoms. The molecule has 0 atom stereocenters. The molecule has 102 valence electrons. The molecule has 0 saturated heterocycles. The van der Waals surface area contributed by atoms with E-state index < -0.39 is 0 Å². The second-order valence-corrected chi connectivity index (χ2v) is 4.66. The van der Waals surface area contributed by atoms with Crippen molar-refractivity contribution >= 4 is 17.8 Å². The molecule has 2 N–H and O–H groups in total. The molecule has 1 aliphatic heterocycles. The van der Waals surface area contributed by atoms with Crippen LogP contribution in [0.1, 0.15) is 18.4 Å². The number of guanidine groups is 2. The summed E-state index contributed by atoms with van der Waals surface area (Å²) in [5.74, 6) is 4.22. The highest BCUT2D eigenvalue weighted by molar-refractivity contribution is 6.10. The van der Waals surface area contributed by atoms with Gasteiger partial charge in [0.25, 0.3) is 11.8 Å². The normalized spacial score (nSPS) is 16.5. The third-order valence-corrected chi connectivity index (χ3v) is 2.65. The van der Waals surface area contributed by atoms with Gasteiger partial charge in [-0.15, -0.1) is 0 Å². The smallest absolute Gasteiger partial charge is 0.404 e. The molecule has 1 aliphatic rings. The second kappa shape index (κ2) is 5.63. The lowest BCUT2D eigenvalue weighted by Gasteiger charge is -2.12. The molecule has 6 nitrogen and oxygen atoms in total.